The quantitative estimate of drug-likeness (QED) is 0.826. The molecule has 2 rings (SSSR count). The molecule has 0 fully saturated rings. The molecule has 0 unspecified atom stereocenters. The van der Waals surface area contributed by atoms with Crippen LogP contribution in [0.25, 0.3) is 0 Å². The number of rotatable bonds is 5. The smallest absolute Gasteiger partial charge is 0.255 e. The van der Waals surface area contributed by atoms with Crippen molar-refractivity contribution in [1.29, 1.82) is 0 Å². The van der Waals surface area contributed by atoms with Crippen molar-refractivity contribution >= 4 is 21.6 Å². The van der Waals surface area contributed by atoms with E-state index in [9.17, 15) is 13.2 Å². The van der Waals surface area contributed by atoms with E-state index >= 15 is 0 Å². The number of amides is 1. The van der Waals surface area contributed by atoms with Gasteiger partial charge in [0.15, 0.2) is 0 Å². The standard InChI is InChI=1S/C20H26N2O3S/c1-14(2)17-8-6-7-9-18(17)21-19(23)15-10-12-16(13-11-15)26(24,25)22-20(3,4)5/h6-14,22H,1-5H3,(H,21,23). The zero-order chi connectivity index (χ0) is 19.5. The molecule has 5 nitrogen and oxygen atoms in total. The second-order valence-electron chi connectivity index (χ2n) is 7.58. The van der Waals surface area contributed by atoms with Crippen LogP contribution in [0.2, 0.25) is 0 Å². The first-order valence-corrected chi connectivity index (χ1v) is 10.0. The predicted molar refractivity (Wildman–Crippen MR) is 105 cm³/mol. The van der Waals surface area contributed by atoms with Crippen LogP contribution in [0.1, 0.15) is 56.5 Å². The van der Waals surface area contributed by atoms with Gasteiger partial charge >= 0.3 is 0 Å². The Labute approximate surface area is 155 Å². The van der Waals surface area contributed by atoms with E-state index in [2.05, 4.69) is 23.9 Å². The summed E-state index contributed by atoms with van der Waals surface area (Å²) in [5.41, 5.74) is 1.64. The summed E-state index contributed by atoms with van der Waals surface area (Å²) in [5, 5.41) is 2.90. The minimum atomic E-state index is -3.62. The van der Waals surface area contributed by atoms with Gasteiger partial charge in [0.1, 0.15) is 0 Å². The summed E-state index contributed by atoms with van der Waals surface area (Å²) in [5.74, 6) is 0.00770. The highest BCUT2D eigenvalue weighted by molar-refractivity contribution is 7.89. The van der Waals surface area contributed by atoms with Gasteiger partial charge in [0, 0.05) is 16.8 Å². The average Bonchev–Trinajstić information content (AvgIpc) is 2.53. The number of carbonyl (C=O) groups is 1. The number of nitrogens with one attached hydrogen (secondary N) is 2. The van der Waals surface area contributed by atoms with Crippen molar-refractivity contribution in [2.45, 2.75) is 51.0 Å². The van der Waals surface area contributed by atoms with E-state index in [-0.39, 0.29) is 16.7 Å². The fourth-order valence-corrected chi connectivity index (χ4v) is 3.97. The van der Waals surface area contributed by atoms with Crippen molar-refractivity contribution in [2.75, 3.05) is 5.32 Å². The van der Waals surface area contributed by atoms with E-state index in [4.69, 9.17) is 0 Å². The second-order valence-corrected chi connectivity index (χ2v) is 9.26. The molecule has 0 aromatic heterocycles. The van der Waals surface area contributed by atoms with Crippen LogP contribution in [0.3, 0.4) is 0 Å². The maximum absolute atomic E-state index is 12.5. The molecule has 2 aromatic carbocycles. The largest absolute Gasteiger partial charge is 0.322 e. The number of hydrogen-bond donors (Lipinski definition) is 2. The molecule has 6 heteroatoms. The summed E-state index contributed by atoms with van der Waals surface area (Å²) in [7, 11) is -3.62. The molecule has 26 heavy (non-hydrogen) atoms. The molecule has 0 saturated heterocycles. The lowest BCUT2D eigenvalue weighted by atomic mass is 10.0. The third-order valence-electron chi connectivity index (χ3n) is 3.70. The zero-order valence-electron chi connectivity index (χ0n) is 15.8. The van der Waals surface area contributed by atoms with Crippen LogP contribution in [-0.2, 0) is 10.0 Å². The summed E-state index contributed by atoms with van der Waals surface area (Å²) in [6, 6.07) is 13.6. The number of carbonyl (C=O) groups excluding carboxylic acids is 1. The van der Waals surface area contributed by atoms with Crippen molar-refractivity contribution in [3.63, 3.8) is 0 Å². The highest BCUT2D eigenvalue weighted by Crippen LogP contribution is 2.24. The maximum atomic E-state index is 12.5. The Morgan fingerprint density at radius 1 is 0.962 bits per heavy atom. The Kier molecular flexibility index (Phi) is 5.88. The van der Waals surface area contributed by atoms with Gasteiger partial charge in [-0.3, -0.25) is 4.79 Å². The molecular weight excluding hydrogens is 348 g/mol. The fraction of sp³-hybridized carbons (Fsp3) is 0.350. The molecule has 0 spiro atoms. The van der Waals surface area contributed by atoms with E-state index < -0.39 is 15.6 Å². The van der Waals surface area contributed by atoms with Gasteiger partial charge in [-0.05, 0) is 62.6 Å². The van der Waals surface area contributed by atoms with E-state index in [1.54, 1.807) is 20.8 Å². The molecule has 1 amide bonds. The average molecular weight is 375 g/mol. The molecule has 0 aliphatic rings. The molecule has 0 aliphatic heterocycles. The molecule has 0 aliphatic carbocycles. The van der Waals surface area contributed by atoms with E-state index in [0.717, 1.165) is 11.3 Å². The number of sulfonamides is 1. The highest BCUT2D eigenvalue weighted by Gasteiger charge is 2.22. The summed E-state index contributed by atoms with van der Waals surface area (Å²) in [6.45, 7) is 9.45. The normalized spacial score (nSPS) is 12.2. The Morgan fingerprint density at radius 2 is 1.54 bits per heavy atom. The van der Waals surface area contributed by atoms with E-state index in [1.165, 1.54) is 24.3 Å². The van der Waals surface area contributed by atoms with Crippen LogP contribution in [-0.4, -0.2) is 19.9 Å². The van der Waals surface area contributed by atoms with Gasteiger partial charge in [-0.25, -0.2) is 13.1 Å². The Bertz CT molecular complexity index is 880. The highest BCUT2D eigenvalue weighted by atomic mass is 32.2. The zero-order valence-corrected chi connectivity index (χ0v) is 16.6. The third kappa shape index (κ3) is 5.16. The van der Waals surface area contributed by atoms with Gasteiger partial charge in [0.25, 0.3) is 5.91 Å². The molecule has 0 saturated carbocycles. The Morgan fingerprint density at radius 3 is 2.08 bits per heavy atom. The van der Waals surface area contributed by atoms with Crippen molar-refractivity contribution < 1.29 is 13.2 Å². The molecule has 140 valence electrons. The summed E-state index contributed by atoms with van der Waals surface area (Å²) in [6.07, 6.45) is 0. The second kappa shape index (κ2) is 7.60. The molecule has 0 bridgehead atoms. The van der Waals surface area contributed by atoms with Crippen LogP contribution < -0.4 is 10.0 Å². The minimum Gasteiger partial charge on any atom is -0.322 e. The lowest BCUT2D eigenvalue weighted by Crippen LogP contribution is -2.40. The molecule has 0 heterocycles. The van der Waals surface area contributed by atoms with Gasteiger partial charge in [-0.15, -0.1) is 0 Å². The number of benzene rings is 2. The SMILES string of the molecule is CC(C)c1ccccc1NC(=O)c1ccc(S(=O)(=O)NC(C)(C)C)cc1. The molecular formula is C20H26N2O3S. The van der Waals surface area contributed by atoms with E-state index in [1.807, 2.05) is 24.3 Å². The molecule has 0 radical (unpaired) electrons. The summed E-state index contributed by atoms with van der Waals surface area (Å²) in [4.78, 5) is 12.6. The van der Waals surface area contributed by atoms with Crippen molar-refractivity contribution in [3.8, 4) is 0 Å². The Hall–Kier alpha value is -2.18. The van der Waals surface area contributed by atoms with Crippen molar-refractivity contribution in [2.24, 2.45) is 0 Å². The maximum Gasteiger partial charge on any atom is 0.255 e. The minimum absolute atomic E-state index is 0.131. The van der Waals surface area contributed by atoms with Gasteiger partial charge in [0.05, 0.1) is 4.90 Å². The first-order valence-electron chi connectivity index (χ1n) is 8.54. The topological polar surface area (TPSA) is 75.3 Å². The molecule has 2 aromatic rings. The Balaban J connectivity index is 2.20. The van der Waals surface area contributed by atoms with Gasteiger partial charge in [-0.1, -0.05) is 32.0 Å². The van der Waals surface area contributed by atoms with Gasteiger partial charge < -0.3 is 5.32 Å². The van der Waals surface area contributed by atoms with Crippen LogP contribution >= 0.6 is 0 Å². The monoisotopic (exact) mass is 374 g/mol. The molecule has 2 N–H and O–H groups in total. The van der Waals surface area contributed by atoms with Crippen LogP contribution in [0.5, 0.6) is 0 Å². The number of hydrogen-bond acceptors (Lipinski definition) is 3. The summed E-state index contributed by atoms with van der Waals surface area (Å²) >= 11 is 0. The lowest BCUT2D eigenvalue weighted by molar-refractivity contribution is 0.102. The first kappa shape index (κ1) is 20.1. The lowest BCUT2D eigenvalue weighted by Gasteiger charge is -2.20. The van der Waals surface area contributed by atoms with Gasteiger partial charge in [0.2, 0.25) is 10.0 Å². The molecule has 0 atom stereocenters. The number of anilines is 1. The first-order chi connectivity index (χ1) is 12.0. The fourth-order valence-electron chi connectivity index (χ4n) is 2.56. The van der Waals surface area contributed by atoms with Crippen molar-refractivity contribution in [3.05, 3.63) is 59.7 Å². The van der Waals surface area contributed by atoms with E-state index in [0.29, 0.717) is 5.56 Å². The summed E-state index contributed by atoms with van der Waals surface area (Å²) < 4.78 is 27.2. The third-order valence-corrected chi connectivity index (χ3v) is 5.47. The van der Waals surface area contributed by atoms with Crippen LogP contribution in [0.4, 0.5) is 5.69 Å². The van der Waals surface area contributed by atoms with Crippen LogP contribution in [0.15, 0.2) is 53.4 Å². The van der Waals surface area contributed by atoms with Crippen LogP contribution in [0, 0.1) is 0 Å². The van der Waals surface area contributed by atoms with Gasteiger partial charge in [-0.2, -0.15) is 0 Å². The predicted octanol–water partition coefficient (Wildman–Crippen LogP) is 4.14. The number of para-hydroxylation sites is 1. The van der Waals surface area contributed by atoms with Crippen molar-refractivity contribution in [1.82, 2.24) is 4.72 Å².